The average molecular weight is 314 g/mol. The molecule has 0 radical (unpaired) electrons. The fourth-order valence-corrected chi connectivity index (χ4v) is 1.90. The van der Waals surface area contributed by atoms with E-state index in [0.29, 0.717) is 5.56 Å². The monoisotopic (exact) mass is 314 g/mol. The molecule has 0 bridgehead atoms. The third-order valence-electron chi connectivity index (χ3n) is 2.30. The molecule has 3 N–H and O–H groups in total. The number of aliphatic hydroxyl groups is 1. The molecule has 1 rings (SSSR count). The van der Waals surface area contributed by atoms with E-state index in [1.54, 1.807) is 0 Å². The minimum Gasteiger partial charge on any atom is -0.384 e. The highest BCUT2D eigenvalue weighted by molar-refractivity contribution is 7.88. The van der Waals surface area contributed by atoms with Crippen molar-refractivity contribution in [2.75, 3.05) is 26.0 Å². The molecule has 0 spiro atoms. The molecule has 0 fully saturated rings. The van der Waals surface area contributed by atoms with Crippen LogP contribution in [0.15, 0.2) is 18.2 Å². The van der Waals surface area contributed by atoms with Crippen LogP contribution in [-0.4, -0.2) is 45.4 Å². The van der Waals surface area contributed by atoms with Gasteiger partial charge in [0, 0.05) is 18.7 Å². The van der Waals surface area contributed by atoms with Gasteiger partial charge in [-0.15, -0.1) is 0 Å². The Bertz CT molecular complexity index is 677. The summed E-state index contributed by atoms with van der Waals surface area (Å²) in [4.78, 5) is 11.8. The van der Waals surface area contributed by atoms with Crippen molar-refractivity contribution in [3.05, 3.63) is 35.1 Å². The number of nitrogens with one attached hydrogen (secondary N) is 2. The van der Waals surface area contributed by atoms with E-state index in [0.717, 1.165) is 12.3 Å². The molecule has 114 valence electrons. The number of carbonyl (C=O) groups excluding carboxylic acids is 1. The fourth-order valence-electron chi connectivity index (χ4n) is 1.43. The molecule has 21 heavy (non-hydrogen) atoms. The maximum Gasteiger partial charge on any atom is 0.254 e. The lowest BCUT2D eigenvalue weighted by Gasteiger charge is -2.07. The second-order valence-electron chi connectivity index (χ2n) is 4.08. The molecule has 0 saturated heterocycles. The van der Waals surface area contributed by atoms with E-state index in [9.17, 15) is 17.6 Å². The maximum atomic E-state index is 13.6. The van der Waals surface area contributed by atoms with Crippen LogP contribution in [0.5, 0.6) is 0 Å². The second kappa shape index (κ2) is 7.73. The Morgan fingerprint density at radius 1 is 1.38 bits per heavy atom. The van der Waals surface area contributed by atoms with E-state index in [4.69, 9.17) is 5.11 Å². The van der Waals surface area contributed by atoms with Crippen LogP contribution >= 0.6 is 0 Å². The van der Waals surface area contributed by atoms with Crippen molar-refractivity contribution >= 4 is 15.9 Å². The molecule has 0 aromatic heterocycles. The van der Waals surface area contributed by atoms with Gasteiger partial charge in [-0.1, -0.05) is 11.8 Å². The summed E-state index contributed by atoms with van der Waals surface area (Å²) in [6.45, 7) is -0.301. The Hall–Kier alpha value is -1.95. The van der Waals surface area contributed by atoms with Gasteiger partial charge in [0.05, 0.1) is 11.8 Å². The summed E-state index contributed by atoms with van der Waals surface area (Å²) in [6.07, 6.45) is 0.998. The molecule has 1 aromatic rings. The molecule has 6 nitrogen and oxygen atoms in total. The molecule has 0 aliphatic heterocycles. The van der Waals surface area contributed by atoms with Gasteiger partial charge in [-0.2, -0.15) is 0 Å². The van der Waals surface area contributed by atoms with Gasteiger partial charge < -0.3 is 10.4 Å². The molecule has 0 saturated carbocycles. The number of sulfonamides is 1. The van der Waals surface area contributed by atoms with Gasteiger partial charge in [0.2, 0.25) is 10.0 Å². The van der Waals surface area contributed by atoms with E-state index >= 15 is 0 Å². The van der Waals surface area contributed by atoms with Crippen LogP contribution in [0.4, 0.5) is 4.39 Å². The number of carbonyl (C=O) groups is 1. The van der Waals surface area contributed by atoms with Crippen molar-refractivity contribution in [1.29, 1.82) is 0 Å². The van der Waals surface area contributed by atoms with Crippen molar-refractivity contribution in [2.24, 2.45) is 0 Å². The van der Waals surface area contributed by atoms with E-state index in [-0.39, 0.29) is 25.3 Å². The van der Waals surface area contributed by atoms with E-state index in [2.05, 4.69) is 21.9 Å². The molecule has 0 aliphatic carbocycles. The number of aliphatic hydroxyl groups excluding tert-OH is 1. The number of hydrogen-bond donors (Lipinski definition) is 3. The van der Waals surface area contributed by atoms with Gasteiger partial charge in [0.1, 0.15) is 12.4 Å². The fraction of sp³-hybridized carbons (Fsp3) is 0.308. The van der Waals surface area contributed by atoms with Gasteiger partial charge in [-0.05, 0) is 18.2 Å². The normalized spacial score (nSPS) is 10.6. The summed E-state index contributed by atoms with van der Waals surface area (Å²) < 4.78 is 37.4. The Labute approximate surface area is 122 Å². The Morgan fingerprint density at radius 3 is 2.71 bits per heavy atom. The molecule has 0 unspecified atom stereocenters. The molecule has 0 atom stereocenters. The summed E-state index contributed by atoms with van der Waals surface area (Å²) in [5.74, 6) is 3.58. The average Bonchev–Trinajstić information content (AvgIpc) is 2.41. The van der Waals surface area contributed by atoms with Crippen molar-refractivity contribution < 1.29 is 22.7 Å². The summed E-state index contributed by atoms with van der Waals surface area (Å²) in [7, 11) is -3.33. The second-order valence-corrected chi connectivity index (χ2v) is 5.91. The molecule has 1 amide bonds. The number of rotatable bonds is 5. The quantitative estimate of drug-likeness (QED) is 0.502. The minimum absolute atomic E-state index is 0.0101. The zero-order valence-corrected chi connectivity index (χ0v) is 12.1. The zero-order chi connectivity index (χ0) is 15.9. The third kappa shape index (κ3) is 6.35. The van der Waals surface area contributed by atoms with Crippen molar-refractivity contribution in [3.63, 3.8) is 0 Å². The SMILES string of the molecule is CS(=O)(=O)NCCNC(=O)c1cc(C#CCO)ccc1F. The van der Waals surface area contributed by atoms with Crippen LogP contribution in [0.1, 0.15) is 15.9 Å². The van der Waals surface area contributed by atoms with Crippen LogP contribution in [-0.2, 0) is 10.0 Å². The van der Waals surface area contributed by atoms with Gasteiger partial charge in [-0.25, -0.2) is 17.5 Å². The summed E-state index contributed by atoms with van der Waals surface area (Å²) in [6, 6.07) is 3.75. The molecule has 0 aliphatic rings. The number of halogens is 1. The first kappa shape index (κ1) is 17.1. The molecule has 8 heteroatoms. The first-order valence-corrected chi connectivity index (χ1v) is 7.85. The van der Waals surface area contributed by atoms with Crippen molar-refractivity contribution in [1.82, 2.24) is 10.0 Å². The van der Waals surface area contributed by atoms with Crippen LogP contribution in [0.25, 0.3) is 0 Å². The van der Waals surface area contributed by atoms with Gasteiger partial charge >= 0.3 is 0 Å². The maximum absolute atomic E-state index is 13.6. The summed E-state index contributed by atoms with van der Waals surface area (Å²) in [5.41, 5.74) is 0.198. The first-order chi connectivity index (χ1) is 9.83. The van der Waals surface area contributed by atoms with Crippen LogP contribution in [0.2, 0.25) is 0 Å². The van der Waals surface area contributed by atoms with E-state index < -0.39 is 21.7 Å². The number of hydrogen-bond acceptors (Lipinski definition) is 4. The Balaban J connectivity index is 2.69. The highest BCUT2D eigenvalue weighted by Crippen LogP contribution is 2.09. The van der Waals surface area contributed by atoms with Crippen LogP contribution in [0, 0.1) is 17.7 Å². The summed E-state index contributed by atoms with van der Waals surface area (Å²) in [5, 5.41) is 11.0. The molecular formula is C13H15FN2O4S. The highest BCUT2D eigenvalue weighted by atomic mass is 32.2. The highest BCUT2D eigenvalue weighted by Gasteiger charge is 2.11. The number of benzene rings is 1. The third-order valence-corrected chi connectivity index (χ3v) is 3.03. The Kier molecular flexibility index (Phi) is 6.30. The predicted octanol–water partition coefficient (Wildman–Crippen LogP) is -0.552. The smallest absolute Gasteiger partial charge is 0.254 e. The minimum atomic E-state index is -3.33. The zero-order valence-electron chi connectivity index (χ0n) is 11.3. The number of amides is 1. The van der Waals surface area contributed by atoms with E-state index in [1.807, 2.05) is 0 Å². The Morgan fingerprint density at radius 2 is 2.10 bits per heavy atom. The van der Waals surface area contributed by atoms with Crippen molar-refractivity contribution in [3.8, 4) is 11.8 Å². The predicted molar refractivity (Wildman–Crippen MR) is 75.5 cm³/mol. The van der Waals surface area contributed by atoms with Gasteiger partial charge in [0.15, 0.2) is 0 Å². The first-order valence-electron chi connectivity index (χ1n) is 5.95. The lowest BCUT2D eigenvalue weighted by Crippen LogP contribution is -2.34. The molecule has 1 aromatic carbocycles. The van der Waals surface area contributed by atoms with Gasteiger partial charge in [0.25, 0.3) is 5.91 Å². The standard InChI is InChI=1S/C13H15FN2O4S/c1-21(19,20)16-7-6-15-13(18)11-9-10(3-2-8-17)4-5-12(11)14/h4-5,9,16-17H,6-8H2,1H3,(H,15,18). The van der Waals surface area contributed by atoms with Gasteiger partial charge in [-0.3, -0.25) is 4.79 Å². The van der Waals surface area contributed by atoms with E-state index in [1.165, 1.54) is 12.1 Å². The topological polar surface area (TPSA) is 95.5 Å². The molecular weight excluding hydrogens is 299 g/mol. The van der Waals surface area contributed by atoms with Crippen molar-refractivity contribution in [2.45, 2.75) is 0 Å². The summed E-state index contributed by atoms with van der Waals surface area (Å²) >= 11 is 0. The lowest BCUT2D eigenvalue weighted by molar-refractivity contribution is 0.0950. The largest absolute Gasteiger partial charge is 0.384 e. The van der Waals surface area contributed by atoms with Crippen LogP contribution in [0.3, 0.4) is 0 Å². The molecule has 0 heterocycles. The lowest BCUT2D eigenvalue weighted by atomic mass is 10.1. The van der Waals surface area contributed by atoms with Crippen LogP contribution < -0.4 is 10.0 Å².